The standard InChI is InChI=1S/C31H28N2O9/c34-22-16-17-32-29(39)33(18-22)28-31(41,26(38)21-14-8-3-9-15-21)30(40,25(37)20-12-6-2-7-13-20)27(42-28)24(36)23(35)19-10-4-1-5-11-19/h1-15,24,27-28,36,40-41H,16-18H2,(H,32,39)/t24?,27-,28-,30-,31+/m1/s1. The van der Waals surface area contributed by atoms with E-state index in [1.807, 2.05) is 0 Å². The number of nitrogens with zero attached hydrogens (tertiary/aromatic N) is 1. The normalized spacial score (nSPS) is 26.7. The SMILES string of the molecule is O=C1CCNC(=O)N([C@@H]2O[C@H](C(O)C(=O)c3ccccc3)[C@](O)(C(=O)c3ccccc3)[C@]2(O)C(=O)c2ccccc2)C1. The van der Waals surface area contributed by atoms with Crippen molar-refractivity contribution in [2.75, 3.05) is 13.1 Å². The van der Waals surface area contributed by atoms with Crippen LogP contribution in [0, 0.1) is 0 Å². The molecule has 11 heteroatoms. The Labute approximate surface area is 240 Å². The summed E-state index contributed by atoms with van der Waals surface area (Å²) >= 11 is 0. The third-order valence-electron chi connectivity index (χ3n) is 7.57. The minimum Gasteiger partial charge on any atom is -0.382 e. The van der Waals surface area contributed by atoms with E-state index in [-0.39, 0.29) is 29.7 Å². The number of benzene rings is 3. The van der Waals surface area contributed by atoms with Gasteiger partial charge < -0.3 is 25.4 Å². The lowest BCUT2D eigenvalue weighted by Gasteiger charge is -2.41. The Morgan fingerprint density at radius 2 is 1.26 bits per heavy atom. The van der Waals surface area contributed by atoms with Crippen LogP contribution in [0.25, 0.3) is 0 Å². The van der Waals surface area contributed by atoms with E-state index in [1.165, 1.54) is 72.8 Å². The zero-order valence-electron chi connectivity index (χ0n) is 22.3. The number of nitrogens with one attached hydrogen (secondary N) is 1. The minimum atomic E-state index is -3.33. The molecule has 2 heterocycles. The van der Waals surface area contributed by atoms with Crippen molar-refractivity contribution in [2.45, 2.75) is 36.1 Å². The average molecular weight is 573 g/mol. The zero-order valence-corrected chi connectivity index (χ0v) is 22.3. The number of hydrogen-bond acceptors (Lipinski definition) is 9. The number of carbonyl (C=O) groups is 5. The lowest BCUT2D eigenvalue weighted by molar-refractivity contribution is -0.131. The highest BCUT2D eigenvalue weighted by Gasteiger charge is 2.76. The van der Waals surface area contributed by atoms with E-state index < -0.39 is 65.3 Å². The second-order valence-corrected chi connectivity index (χ2v) is 10.2. The van der Waals surface area contributed by atoms with Gasteiger partial charge in [0.1, 0.15) is 12.2 Å². The van der Waals surface area contributed by atoms with Gasteiger partial charge in [-0.15, -0.1) is 0 Å². The maximum atomic E-state index is 14.2. The summed E-state index contributed by atoms with van der Waals surface area (Å²) in [4.78, 5) is 68.2. The highest BCUT2D eigenvalue weighted by molar-refractivity contribution is 6.14. The maximum absolute atomic E-state index is 14.2. The quantitative estimate of drug-likeness (QED) is 0.289. The number of ether oxygens (including phenoxy) is 1. The van der Waals surface area contributed by atoms with Gasteiger partial charge in [0.15, 0.2) is 23.4 Å². The van der Waals surface area contributed by atoms with Gasteiger partial charge in [-0.25, -0.2) is 4.79 Å². The molecule has 5 rings (SSSR count). The summed E-state index contributed by atoms with van der Waals surface area (Å²) in [6.07, 6.45) is -6.79. The summed E-state index contributed by atoms with van der Waals surface area (Å²) in [7, 11) is 0. The molecule has 1 unspecified atom stereocenters. The van der Waals surface area contributed by atoms with Crippen LogP contribution in [-0.4, -0.2) is 92.1 Å². The summed E-state index contributed by atoms with van der Waals surface area (Å²) in [5, 5.41) is 38.7. The molecule has 42 heavy (non-hydrogen) atoms. The van der Waals surface area contributed by atoms with Crippen LogP contribution in [0.4, 0.5) is 4.79 Å². The number of ketones is 4. The summed E-state index contributed by atoms with van der Waals surface area (Å²) in [6, 6.07) is 20.9. The van der Waals surface area contributed by atoms with Crippen LogP contribution in [0.15, 0.2) is 91.0 Å². The van der Waals surface area contributed by atoms with Gasteiger partial charge in [0.25, 0.3) is 0 Å². The molecule has 2 saturated heterocycles. The number of rotatable bonds is 8. The Bertz CT molecular complexity index is 1520. The number of carbonyl (C=O) groups excluding carboxylic acids is 5. The third-order valence-corrected chi connectivity index (χ3v) is 7.57. The molecule has 4 N–H and O–H groups in total. The fourth-order valence-electron chi connectivity index (χ4n) is 5.40. The van der Waals surface area contributed by atoms with Crippen LogP contribution >= 0.6 is 0 Å². The summed E-state index contributed by atoms with van der Waals surface area (Å²) in [5.41, 5.74) is -6.98. The smallest absolute Gasteiger partial charge is 0.319 e. The maximum Gasteiger partial charge on any atom is 0.319 e. The topological polar surface area (TPSA) is 171 Å². The first-order valence-corrected chi connectivity index (χ1v) is 13.2. The van der Waals surface area contributed by atoms with Crippen molar-refractivity contribution in [3.05, 3.63) is 108 Å². The van der Waals surface area contributed by atoms with Gasteiger partial charge in [-0.3, -0.25) is 24.1 Å². The third kappa shape index (κ3) is 4.72. The first-order chi connectivity index (χ1) is 20.1. The predicted molar refractivity (Wildman–Crippen MR) is 147 cm³/mol. The number of aliphatic hydroxyl groups excluding tert-OH is 1. The van der Waals surface area contributed by atoms with Crippen LogP contribution in [0.2, 0.25) is 0 Å². The first kappa shape index (κ1) is 29.0. The Hall–Kier alpha value is -4.55. The Kier molecular flexibility index (Phi) is 7.85. The van der Waals surface area contributed by atoms with Gasteiger partial charge in [-0.2, -0.15) is 0 Å². The van der Waals surface area contributed by atoms with Gasteiger partial charge in [0, 0.05) is 29.7 Å². The molecule has 0 saturated carbocycles. The summed E-state index contributed by atoms with van der Waals surface area (Å²) < 4.78 is 5.90. The van der Waals surface area contributed by atoms with E-state index in [9.17, 15) is 39.3 Å². The molecule has 0 radical (unpaired) electrons. The molecular formula is C31H28N2O9. The van der Waals surface area contributed by atoms with Crippen molar-refractivity contribution >= 4 is 29.2 Å². The fraction of sp³-hybridized carbons (Fsp3) is 0.258. The van der Waals surface area contributed by atoms with Crippen molar-refractivity contribution in [2.24, 2.45) is 0 Å². The van der Waals surface area contributed by atoms with Gasteiger partial charge in [-0.1, -0.05) is 91.0 Å². The van der Waals surface area contributed by atoms with Gasteiger partial charge in [-0.05, 0) is 0 Å². The molecule has 0 aromatic heterocycles. The van der Waals surface area contributed by atoms with Crippen LogP contribution < -0.4 is 5.32 Å². The summed E-state index contributed by atoms with van der Waals surface area (Å²) in [5.74, 6) is -3.92. The largest absolute Gasteiger partial charge is 0.382 e. The molecule has 5 atom stereocenters. The molecule has 0 spiro atoms. The lowest BCUT2D eigenvalue weighted by Crippen LogP contribution is -2.72. The van der Waals surface area contributed by atoms with Crippen LogP contribution in [0.1, 0.15) is 37.5 Å². The van der Waals surface area contributed by atoms with E-state index >= 15 is 0 Å². The second kappa shape index (κ2) is 11.4. The Morgan fingerprint density at radius 1 is 0.786 bits per heavy atom. The van der Waals surface area contributed by atoms with Crippen LogP contribution in [0.3, 0.4) is 0 Å². The first-order valence-electron chi connectivity index (χ1n) is 13.2. The zero-order chi connectivity index (χ0) is 30.1. The molecule has 0 aliphatic carbocycles. The number of urea groups is 1. The molecule has 216 valence electrons. The molecule has 3 aromatic carbocycles. The molecule has 3 aromatic rings. The molecule has 2 aliphatic heterocycles. The highest BCUT2D eigenvalue weighted by Crippen LogP contribution is 2.47. The van der Waals surface area contributed by atoms with Crippen LogP contribution in [-0.2, 0) is 9.53 Å². The van der Waals surface area contributed by atoms with E-state index in [0.29, 0.717) is 4.90 Å². The van der Waals surface area contributed by atoms with Crippen molar-refractivity contribution in [3.8, 4) is 0 Å². The molecule has 0 bridgehead atoms. The van der Waals surface area contributed by atoms with Crippen molar-refractivity contribution in [3.63, 3.8) is 0 Å². The monoisotopic (exact) mass is 572 g/mol. The minimum absolute atomic E-state index is 0.00724. The fourth-order valence-corrected chi connectivity index (χ4v) is 5.40. The number of hydrogen-bond donors (Lipinski definition) is 4. The van der Waals surface area contributed by atoms with E-state index in [1.54, 1.807) is 18.2 Å². The van der Waals surface area contributed by atoms with Crippen LogP contribution in [0.5, 0.6) is 0 Å². The van der Waals surface area contributed by atoms with Gasteiger partial charge in [0.2, 0.25) is 17.2 Å². The van der Waals surface area contributed by atoms with Gasteiger partial charge >= 0.3 is 6.03 Å². The predicted octanol–water partition coefficient (Wildman–Crippen LogP) is 1.17. The van der Waals surface area contributed by atoms with Gasteiger partial charge in [0.05, 0.1) is 6.54 Å². The number of amides is 2. The second-order valence-electron chi connectivity index (χ2n) is 10.2. The molecule has 2 fully saturated rings. The summed E-state index contributed by atoms with van der Waals surface area (Å²) in [6.45, 7) is -0.691. The van der Waals surface area contributed by atoms with E-state index in [2.05, 4.69) is 5.32 Å². The van der Waals surface area contributed by atoms with Crippen molar-refractivity contribution in [1.29, 1.82) is 0 Å². The molecule has 2 amide bonds. The van der Waals surface area contributed by atoms with E-state index in [0.717, 1.165) is 0 Å². The Morgan fingerprint density at radius 3 is 1.79 bits per heavy atom. The highest BCUT2D eigenvalue weighted by atomic mass is 16.6. The lowest BCUT2D eigenvalue weighted by atomic mass is 9.69. The van der Waals surface area contributed by atoms with Crippen molar-refractivity contribution in [1.82, 2.24) is 10.2 Å². The molecule has 11 nitrogen and oxygen atoms in total. The average Bonchev–Trinajstić information content (AvgIpc) is 3.14. The number of Topliss-reactive ketones (excluding diaryl/α,β-unsaturated/α-hetero) is 4. The Balaban J connectivity index is 1.74. The number of aliphatic hydroxyl groups is 3. The molecular weight excluding hydrogens is 544 g/mol. The van der Waals surface area contributed by atoms with E-state index in [4.69, 9.17) is 4.74 Å². The van der Waals surface area contributed by atoms with Crippen molar-refractivity contribution < 1.29 is 44.0 Å². The molecule has 2 aliphatic rings.